The molecule has 0 aromatic carbocycles. The molecule has 0 aromatic heterocycles. The van der Waals surface area contributed by atoms with Crippen molar-refractivity contribution in [1.82, 2.24) is 4.90 Å². The molecule has 0 spiro atoms. The normalized spacial score (nSPS) is 20.0. The number of hydrogen-bond donors (Lipinski definition) is 0. The Hall–Kier alpha value is -1.06. The predicted octanol–water partition coefficient (Wildman–Crippen LogP) is 2.22. The van der Waals surface area contributed by atoms with Crippen LogP contribution in [0, 0.1) is 11.3 Å². The quantitative estimate of drug-likeness (QED) is 0.724. The first-order valence-corrected chi connectivity index (χ1v) is 6.74. The van der Waals surface area contributed by atoms with Crippen LogP contribution in [0.15, 0.2) is 0 Å². The van der Waals surface area contributed by atoms with Crippen molar-refractivity contribution >= 4 is 11.9 Å². The summed E-state index contributed by atoms with van der Waals surface area (Å²) in [7, 11) is 3.16. The van der Waals surface area contributed by atoms with Crippen molar-refractivity contribution in [3.05, 3.63) is 0 Å². The molecule has 0 heterocycles. The third-order valence-electron chi connectivity index (χ3n) is 3.97. The molecule has 4 nitrogen and oxygen atoms in total. The molecule has 1 amide bonds. The fourth-order valence-electron chi connectivity index (χ4n) is 2.78. The number of amides is 1. The van der Waals surface area contributed by atoms with Gasteiger partial charge in [-0.15, -0.1) is 0 Å². The van der Waals surface area contributed by atoms with Crippen molar-refractivity contribution in [3.8, 4) is 0 Å². The average molecular weight is 255 g/mol. The second kappa shape index (κ2) is 6.21. The van der Waals surface area contributed by atoms with Gasteiger partial charge in [-0.05, 0) is 12.8 Å². The summed E-state index contributed by atoms with van der Waals surface area (Å²) < 4.78 is 4.69. The molecule has 1 atom stereocenters. The molecule has 0 bridgehead atoms. The van der Waals surface area contributed by atoms with Gasteiger partial charge in [-0.2, -0.15) is 0 Å². The largest absolute Gasteiger partial charge is 0.469 e. The van der Waals surface area contributed by atoms with Crippen LogP contribution in [0.3, 0.4) is 0 Å². The molecule has 0 radical (unpaired) electrons. The van der Waals surface area contributed by atoms with E-state index in [1.165, 1.54) is 13.5 Å². The predicted molar refractivity (Wildman–Crippen MR) is 70.0 cm³/mol. The van der Waals surface area contributed by atoms with Gasteiger partial charge in [0.25, 0.3) is 0 Å². The molecule has 1 rings (SSSR count). The van der Waals surface area contributed by atoms with Crippen LogP contribution in [0.4, 0.5) is 0 Å². The molecule has 1 unspecified atom stereocenters. The molecule has 0 N–H and O–H groups in total. The standard InChI is InChI=1S/C14H25NO3/c1-11(12(16)18-4)10-15(3)13(17)14(2)8-6-5-7-9-14/h11H,5-10H2,1-4H3. The lowest BCUT2D eigenvalue weighted by molar-refractivity contribution is -0.148. The minimum atomic E-state index is -0.267. The van der Waals surface area contributed by atoms with Gasteiger partial charge in [-0.25, -0.2) is 0 Å². The van der Waals surface area contributed by atoms with Crippen molar-refractivity contribution in [2.75, 3.05) is 20.7 Å². The highest BCUT2D eigenvalue weighted by Crippen LogP contribution is 2.37. The second-order valence-corrected chi connectivity index (χ2v) is 5.73. The summed E-state index contributed by atoms with van der Waals surface area (Å²) in [4.78, 5) is 25.5. The highest BCUT2D eigenvalue weighted by molar-refractivity contribution is 5.83. The van der Waals surface area contributed by atoms with Gasteiger partial charge in [-0.1, -0.05) is 33.1 Å². The first-order valence-electron chi connectivity index (χ1n) is 6.74. The smallest absolute Gasteiger partial charge is 0.310 e. The molecule has 0 aromatic rings. The summed E-state index contributed by atoms with van der Waals surface area (Å²) in [5.41, 5.74) is -0.233. The van der Waals surface area contributed by atoms with E-state index < -0.39 is 0 Å². The molecule has 0 saturated heterocycles. The van der Waals surface area contributed by atoms with Gasteiger partial charge in [0.05, 0.1) is 13.0 Å². The van der Waals surface area contributed by atoms with E-state index in [9.17, 15) is 9.59 Å². The highest BCUT2D eigenvalue weighted by Gasteiger charge is 2.37. The summed E-state index contributed by atoms with van der Waals surface area (Å²) in [5.74, 6) is -0.363. The zero-order valence-corrected chi connectivity index (χ0v) is 12.0. The molecular weight excluding hydrogens is 230 g/mol. The molecule has 1 saturated carbocycles. The minimum absolute atomic E-state index is 0.165. The van der Waals surface area contributed by atoms with E-state index in [1.54, 1.807) is 18.9 Å². The molecular formula is C14H25NO3. The summed E-state index contributed by atoms with van der Waals surface area (Å²) in [6.07, 6.45) is 5.40. The lowest BCUT2D eigenvalue weighted by Gasteiger charge is -2.36. The van der Waals surface area contributed by atoms with Crippen LogP contribution in [-0.4, -0.2) is 37.5 Å². The fraction of sp³-hybridized carbons (Fsp3) is 0.857. The first kappa shape index (κ1) is 15.0. The van der Waals surface area contributed by atoms with Gasteiger partial charge in [-0.3, -0.25) is 9.59 Å². The Morgan fingerprint density at radius 2 is 1.83 bits per heavy atom. The zero-order valence-electron chi connectivity index (χ0n) is 12.0. The Labute approximate surface area is 110 Å². The SMILES string of the molecule is COC(=O)C(C)CN(C)C(=O)C1(C)CCCCC1. The monoisotopic (exact) mass is 255 g/mol. The number of carbonyl (C=O) groups excluding carboxylic acids is 2. The molecule has 4 heteroatoms. The molecule has 18 heavy (non-hydrogen) atoms. The lowest BCUT2D eigenvalue weighted by Crippen LogP contribution is -2.44. The molecule has 1 fully saturated rings. The van der Waals surface area contributed by atoms with E-state index in [0.29, 0.717) is 6.54 Å². The van der Waals surface area contributed by atoms with Gasteiger partial charge < -0.3 is 9.64 Å². The number of methoxy groups -OCH3 is 1. The van der Waals surface area contributed by atoms with Gasteiger partial charge in [0.2, 0.25) is 5.91 Å². The zero-order chi connectivity index (χ0) is 13.8. The topological polar surface area (TPSA) is 46.6 Å². The Morgan fingerprint density at radius 1 is 1.28 bits per heavy atom. The van der Waals surface area contributed by atoms with Crippen LogP contribution in [-0.2, 0) is 14.3 Å². The van der Waals surface area contributed by atoms with E-state index in [2.05, 4.69) is 4.74 Å². The molecule has 1 aliphatic rings. The third kappa shape index (κ3) is 3.47. The van der Waals surface area contributed by atoms with E-state index in [4.69, 9.17) is 0 Å². The molecule has 104 valence electrons. The van der Waals surface area contributed by atoms with Crippen molar-refractivity contribution < 1.29 is 14.3 Å². The van der Waals surface area contributed by atoms with Gasteiger partial charge in [0.15, 0.2) is 0 Å². The average Bonchev–Trinajstić information content (AvgIpc) is 2.37. The molecule has 1 aliphatic carbocycles. The van der Waals surface area contributed by atoms with Crippen LogP contribution < -0.4 is 0 Å². The number of rotatable bonds is 4. The number of carbonyl (C=O) groups is 2. The highest BCUT2D eigenvalue weighted by atomic mass is 16.5. The summed E-state index contributed by atoms with van der Waals surface area (Å²) in [6.45, 7) is 4.27. The Balaban J connectivity index is 2.57. The minimum Gasteiger partial charge on any atom is -0.469 e. The summed E-state index contributed by atoms with van der Waals surface area (Å²) in [6, 6.07) is 0. The van der Waals surface area contributed by atoms with E-state index in [-0.39, 0.29) is 23.2 Å². The van der Waals surface area contributed by atoms with Crippen molar-refractivity contribution in [2.45, 2.75) is 46.0 Å². The Kier molecular flexibility index (Phi) is 5.17. The number of nitrogens with zero attached hydrogens (tertiary/aromatic N) is 1. The van der Waals surface area contributed by atoms with Crippen molar-refractivity contribution in [3.63, 3.8) is 0 Å². The van der Waals surface area contributed by atoms with Gasteiger partial charge >= 0.3 is 5.97 Å². The third-order valence-corrected chi connectivity index (χ3v) is 3.97. The number of esters is 1. The van der Waals surface area contributed by atoms with Crippen LogP contribution in [0.25, 0.3) is 0 Å². The maximum absolute atomic E-state index is 12.4. The number of hydrogen-bond acceptors (Lipinski definition) is 3. The fourth-order valence-corrected chi connectivity index (χ4v) is 2.78. The van der Waals surface area contributed by atoms with Gasteiger partial charge in [0, 0.05) is 19.0 Å². The van der Waals surface area contributed by atoms with E-state index in [1.807, 2.05) is 6.92 Å². The summed E-state index contributed by atoms with van der Waals surface area (Å²) >= 11 is 0. The van der Waals surface area contributed by atoms with Crippen LogP contribution in [0.5, 0.6) is 0 Å². The van der Waals surface area contributed by atoms with Crippen molar-refractivity contribution in [1.29, 1.82) is 0 Å². The van der Waals surface area contributed by atoms with Crippen molar-refractivity contribution in [2.24, 2.45) is 11.3 Å². The first-order chi connectivity index (χ1) is 8.40. The van der Waals surface area contributed by atoms with Crippen LogP contribution >= 0.6 is 0 Å². The van der Waals surface area contributed by atoms with E-state index >= 15 is 0 Å². The van der Waals surface area contributed by atoms with Crippen LogP contribution in [0.1, 0.15) is 46.0 Å². The maximum atomic E-state index is 12.4. The maximum Gasteiger partial charge on any atom is 0.310 e. The molecule has 0 aliphatic heterocycles. The number of ether oxygens (including phenoxy) is 1. The van der Waals surface area contributed by atoms with E-state index in [0.717, 1.165) is 25.7 Å². The summed E-state index contributed by atoms with van der Waals surface area (Å²) in [5, 5.41) is 0. The van der Waals surface area contributed by atoms with Gasteiger partial charge in [0.1, 0.15) is 0 Å². The van der Waals surface area contributed by atoms with Crippen LogP contribution in [0.2, 0.25) is 0 Å². The second-order valence-electron chi connectivity index (χ2n) is 5.73. The Bertz CT molecular complexity index is 308. The lowest BCUT2D eigenvalue weighted by atomic mass is 9.74. The Morgan fingerprint density at radius 3 is 2.33 bits per heavy atom.